The van der Waals surface area contributed by atoms with Crippen molar-refractivity contribution in [1.29, 1.82) is 0 Å². The first-order chi connectivity index (χ1) is 6.98. The van der Waals surface area contributed by atoms with Gasteiger partial charge in [0.15, 0.2) is 6.29 Å². The van der Waals surface area contributed by atoms with Crippen molar-refractivity contribution in [2.45, 2.75) is 38.6 Å². The van der Waals surface area contributed by atoms with Gasteiger partial charge in [0.2, 0.25) is 0 Å². The third-order valence-electron chi connectivity index (χ3n) is 2.77. The molecule has 0 unspecified atom stereocenters. The first-order valence-corrected chi connectivity index (χ1v) is 5.16. The van der Waals surface area contributed by atoms with Gasteiger partial charge in [-0.15, -0.1) is 0 Å². The Morgan fingerprint density at radius 3 is 2.73 bits per heavy atom. The molecule has 2 N–H and O–H groups in total. The molecule has 0 saturated carbocycles. The van der Waals surface area contributed by atoms with Crippen LogP contribution >= 0.6 is 0 Å². The van der Waals surface area contributed by atoms with Gasteiger partial charge in [-0.05, 0) is 44.4 Å². The average molecular weight is 208 g/mol. The zero-order chi connectivity index (χ0) is 11.1. The van der Waals surface area contributed by atoms with Gasteiger partial charge < -0.3 is 14.9 Å². The fraction of sp³-hybridized carbons (Fsp3) is 0.500. The number of fused-ring (bicyclic) bond motifs is 1. The largest absolute Gasteiger partial charge is 0.488 e. The predicted octanol–water partition coefficient (Wildman–Crippen LogP) is 1.77. The highest BCUT2D eigenvalue weighted by atomic mass is 16.5. The van der Waals surface area contributed by atoms with Gasteiger partial charge in [0.25, 0.3) is 0 Å². The normalized spacial score (nSPS) is 18.5. The van der Waals surface area contributed by atoms with Gasteiger partial charge in [0.1, 0.15) is 11.4 Å². The van der Waals surface area contributed by atoms with Crippen LogP contribution in [0.3, 0.4) is 0 Å². The number of benzene rings is 1. The Balaban J connectivity index is 2.32. The van der Waals surface area contributed by atoms with Gasteiger partial charge in [-0.1, -0.05) is 6.07 Å². The Labute approximate surface area is 89.3 Å². The molecule has 0 bridgehead atoms. The van der Waals surface area contributed by atoms with E-state index in [4.69, 9.17) is 14.9 Å². The molecule has 1 aliphatic rings. The van der Waals surface area contributed by atoms with Crippen molar-refractivity contribution >= 4 is 0 Å². The van der Waals surface area contributed by atoms with E-state index in [1.807, 2.05) is 6.07 Å². The molecule has 0 saturated heterocycles. The van der Waals surface area contributed by atoms with Crippen LogP contribution in [0.4, 0.5) is 0 Å². The molecule has 0 amide bonds. The van der Waals surface area contributed by atoms with Gasteiger partial charge in [0.05, 0.1) is 0 Å². The Morgan fingerprint density at radius 1 is 1.33 bits per heavy atom. The molecule has 0 aromatic heterocycles. The van der Waals surface area contributed by atoms with E-state index in [1.54, 1.807) is 12.1 Å². The maximum atomic E-state index is 9.04. The smallest absolute Gasteiger partial charge is 0.178 e. The number of aliphatic hydroxyl groups excluding tert-OH is 1. The molecule has 0 atom stereocenters. The minimum absolute atomic E-state index is 0.119. The monoisotopic (exact) mass is 208 g/mol. The van der Waals surface area contributed by atoms with E-state index >= 15 is 0 Å². The van der Waals surface area contributed by atoms with Gasteiger partial charge in [-0.3, -0.25) is 0 Å². The molecule has 0 fully saturated rings. The minimum atomic E-state index is -1.40. The van der Waals surface area contributed by atoms with Crippen LogP contribution in [-0.4, -0.2) is 15.8 Å². The van der Waals surface area contributed by atoms with Crippen molar-refractivity contribution in [3.8, 4) is 5.75 Å². The van der Waals surface area contributed by atoms with Crippen molar-refractivity contribution in [3.63, 3.8) is 0 Å². The lowest BCUT2D eigenvalue weighted by Crippen LogP contribution is -2.32. The van der Waals surface area contributed by atoms with Gasteiger partial charge >= 0.3 is 0 Å². The lowest BCUT2D eigenvalue weighted by Gasteiger charge is -2.32. The lowest BCUT2D eigenvalue weighted by molar-refractivity contribution is -0.0426. The van der Waals surface area contributed by atoms with E-state index in [0.717, 1.165) is 24.2 Å². The van der Waals surface area contributed by atoms with Crippen LogP contribution in [0.1, 0.15) is 37.7 Å². The second kappa shape index (κ2) is 3.51. The third-order valence-corrected chi connectivity index (χ3v) is 2.77. The van der Waals surface area contributed by atoms with Gasteiger partial charge in [-0.25, -0.2) is 0 Å². The summed E-state index contributed by atoms with van der Waals surface area (Å²) in [4.78, 5) is 0. The lowest BCUT2D eigenvalue weighted by atomic mass is 9.93. The number of hydrogen-bond donors (Lipinski definition) is 2. The van der Waals surface area contributed by atoms with E-state index in [1.165, 1.54) is 0 Å². The fourth-order valence-corrected chi connectivity index (χ4v) is 1.84. The van der Waals surface area contributed by atoms with E-state index in [0.29, 0.717) is 5.56 Å². The molecular weight excluding hydrogens is 192 g/mol. The van der Waals surface area contributed by atoms with Crippen molar-refractivity contribution in [2.75, 3.05) is 0 Å². The molecule has 0 aliphatic carbocycles. The highest BCUT2D eigenvalue weighted by molar-refractivity contribution is 5.39. The summed E-state index contributed by atoms with van der Waals surface area (Å²) in [6.07, 6.45) is 0.471. The molecule has 15 heavy (non-hydrogen) atoms. The number of aliphatic hydroxyl groups is 2. The number of ether oxygens (including phenoxy) is 1. The first kappa shape index (κ1) is 10.5. The van der Waals surface area contributed by atoms with E-state index in [9.17, 15) is 0 Å². The van der Waals surface area contributed by atoms with Crippen LogP contribution in [0.25, 0.3) is 0 Å². The molecule has 82 valence electrons. The molecule has 1 aliphatic heterocycles. The zero-order valence-corrected chi connectivity index (χ0v) is 9.03. The summed E-state index contributed by atoms with van der Waals surface area (Å²) in [5, 5.41) is 18.1. The van der Waals surface area contributed by atoms with E-state index in [-0.39, 0.29) is 5.60 Å². The van der Waals surface area contributed by atoms with Crippen LogP contribution < -0.4 is 4.74 Å². The maximum Gasteiger partial charge on any atom is 0.178 e. The summed E-state index contributed by atoms with van der Waals surface area (Å²) in [6.45, 7) is 4.12. The average Bonchev–Trinajstić information content (AvgIpc) is 2.15. The second-order valence-electron chi connectivity index (χ2n) is 4.60. The van der Waals surface area contributed by atoms with Gasteiger partial charge in [0, 0.05) is 5.56 Å². The second-order valence-corrected chi connectivity index (χ2v) is 4.60. The van der Waals surface area contributed by atoms with Crippen LogP contribution in [0.5, 0.6) is 5.75 Å². The summed E-state index contributed by atoms with van der Waals surface area (Å²) in [6, 6.07) is 5.30. The molecule has 3 nitrogen and oxygen atoms in total. The maximum absolute atomic E-state index is 9.04. The molecule has 0 radical (unpaired) electrons. The van der Waals surface area contributed by atoms with E-state index in [2.05, 4.69) is 13.8 Å². The highest BCUT2D eigenvalue weighted by Gasteiger charge is 2.26. The molecular formula is C12H16O3. The Kier molecular flexibility index (Phi) is 2.44. The van der Waals surface area contributed by atoms with Crippen molar-refractivity contribution in [3.05, 3.63) is 29.3 Å². The molecule has 1 aromatic carbocycles. The van der Waals surface area contributed by atoms with Crippen molar-refractivity contribution < 1.29 is 14.9 Å². The Hall–Kier alpha value is -1.06. The van der Waals surface area contributed by atoms with Gasteiger partial charge in [-0.2, -0.15) is 0 Å². The SMILES string of the molecule is CC1(C)CCc2cc(C(O)O)ccc2O1. The summed E-state index contributed by atoms with van der Waals surface area (Å²) in [5.41, 5.74) is 1.46. The summed E-state index contributed by atoms with van der Waals surface area (Å²) in [5.74, 6) is 0.857. The first-order valence-electron chi connectivity index (χ1n) is 5.16. The number of rotatable bonds is 1. The fourth-order valence-electron chi connectivity index (χ4n) is 1.84. The summed E-state index contributed by atoms with van der Waals surface area (Å²) < 4.78 is 5.79. The van der Waals surface area contributed by atoms with Crippen LogP contribution in [-0.2, 0) is 6.42 Å². The molecule has 1 aromatic rings. The Morgan fingerprint density at radius 2 is 2.07 bits per heavy atom. The molecule has 2 rings (SSSR count). The van der Waals surface area contributed by atoms with Crippen LogP contribution in [0.2, 0.25) is 0 Å². The quantitative estimate of drug-likeness (QED) is 0.691. The standard InChI is InChI=1S/C12H16O3/c1-12(2)6-5-8-7-9(11(13)14)3-4-10(8)15-12/h3-4,7,11,13-14H,5-6H2,1-2H3. The molecule has 1 heterocycles. The van der Waals surface area contributed by atoms with Crippen LogP contribution in [0, 0.1) is 0 Å². The van der Waals surface area contributed by atoms with E-state index < -0.39 is 6.29 Å². The number of aryl methyl sites for hydroxylation is 1. The Bertz CT molecular complexity index is 369. The summed E-state index contributed by atoms with van der Waals surface area (Å²) in [7, 11) is 0. The van der Waals surface area contributed by atoms with Crippen molar-refractivity contribution in [2.24, 2.45) is 0 Å². The molecule has 3 heteroatoms. The summed E-state index contributed by atoms with van der Waals surface area (Å²) >= 11 is 0. The topological polar surface area (TPSA) is 49.7 Å². The minimum Gasteiger partial charge on any atom is -0.488 e. The zero-order valence-electron chi connectivity index (χ0n) is 9.03. The predicted molar refractivity (Wildman–Crippen MR) is 56.6 cm³/mol. The van der Waals surface area contributed by atoms with Crippen molar-refractivity contribution in [1.82, 2.24) is 0 Å². The molecule has 0 spiro atoms. The van der Waals surface area contributed by atoms with Crippen LogP contribution in [0.15, 0.2) is 18.2 Å². The number of hydrogen-bond acceptors (Lipinski definition) is 3. The third kappa shape index (κ3) is 2.13. The highest BCUT2D eigenvalue weighted by Crippen LogP contribution is 2.34.